The molecule has 0 bridgehead atoms. The number of nitrogens with one attached hydrogen (secondary N) is 2. The molecule has 8 heteroatoms. The zero-order valence-corrected chi connectivity index (χ0v) is 14.9. The molecule has 0 unspecified atom stereocenters. The van der Waals surface area contributed by atoms with E-state index in [0.29, 0.717) is 30.6 Å². The quantitative estimate of drug-likeness (QED) is 0.847. The molecule has 3 atom stereocenters. The fraction of sp³-hybridized carbons (Fsp3) is 0.444. The number of carbonyl (C=O) groups excluding carboxylic acids is 1. The Labute approximate surface area is 156 Å². The molecule has 26 heavy (non-hydrogen) atoms. The van der Waals surface area contributed by atoms with Gasteiger partial charge in [-0.1, -0.05) is 12.1 Å². The van der Waals surface area contributed by atoms with Crippen LogP contribution in [0.1, 0.15) is 23.8 Å². The van der Waals surface area contributed by atoms with Crippen LogP contribution in [-0.2, 0) is 11.2 Å². The van der Waals surface area contributed by atoms with Gasteiger partial charge in [-0.2, -0.15) is 5.16 Å². The molecule has 0 aliphatic carbocycles. The summed E-state index contributed by atoms with van der Waals surface area (Å²) in [6.07, 6.45) is 0.636. The first kappa shape index (κ1) is 18.7. The number of aryl methyl sites for hydroxylation is 1. The number of aromatic nitrogens is 1. The van der Waals surface area contributed by atoms with Gasteiger partial charge in [0, 0.05) is 44.5 Å². The van der Waals surface area contributed by atoms with Gasteiger partial charge in [-0.25, -0.2) is 4.39 Å². The van der Waals surface area contributed by atoms with E-state index in [4.69, 9.17) is 4.52 Å². The van der Waals surface area contributed by atoms with Crippen molar-refractivity contribution in [1.29, 1.82) is 0 Å². The third-order valence-electron chi connectivity index (χ3n) is 5.24. The van der Waals surface area contributed by atoms with E-state index in [2.05, 4.69) is 10.5 Å². The number of fused-ring (bicyclic) bond motifs is 1. The maximum absolute atomic E-state index is 13.7. The lowest BCUT2D eigenvalue weighted by Gasteiger charge is -2.28. The first-order valence-electron chi connectivity index (χ1n) is 8.55. The number of halogens is 2. The zero-order chi connectivity index (χ0) is 17.4. The van der Waals surface area contributed by atoms with Gasteiger partial charge in [0.15, 0.2) is 0 Å². The Morgan fingerprint density at radius 1 is 1.31 bits per heavy atom. The molecule has 6 nitrogen and oxygen atoms in total. The lowest BCUT2D eigenvalue weighted by molar-refractivity contribution is -0.132. The van der Waals surface area contributed by atoms with Crippen molar-refractivity contribution in [3.05, 3.63) is 57.8 Å². The molecule has 4 rings (SSSR count). The van der Waals surface area contributed by atoms with Crippen LogP contribution in [0.5, 0.6) is 0 Å². The van der Waals surface area contributed by atoms with Crippen LogP contribution >= 0.6 is 12.4 Å². The topological polar surface area (TPSA) is 78.3 Å². The second-order valence-corrected chi connectivity index (χ2v) is 6.81. The minimum absolute atomic E-state index is 0. The highest BCUT2D eigenvalue weighted by molar-refractivity contribution is 5.85. The molecule has 2 aromatic rings. The summed E-state index contributed by atoms with van der Waals surface area (Å²) in [4.78, 5) is 25.8. The number of hydrogen-bond acceptors (Lipinski definition) is 4. The molecule has 3 heterocycles. The first-order valence-corrected chi connectivity index (χ1v) is 8.55. The number of nitrogens with zero attached hydrogens (tertiary/aromatic N) is 1. The van der Waals surface area contributed by atoms with Crippen molar-refractivity contribution < 1.29 is 13.7 Å². The van der Waals surface area contributed by atoms with Gasteiger partial charge < -0.3 is 14.7 Å². The minimum Gasteiger partial charge on any atom is -0.384 e. The van der Waals surface area contributed by atoms with Gasteiger partial charge in [0.1, 0.15) is 11.6 Å². The van der Waals surface area contributed by atoms with E-state index in [1.807, 2.05) is 11.0 Å². The van der Waals surface area contributed by atoms with Gasteiger partial charge in [-0.3, -0.25) is 9.59 Å². The zero-order valence-electron chi connectivity index (χ0n) is 14.1. The van der Waals surface area contributed by atoms with E-state index < -0.39 is 0 Å². The van der Waals surface area contributed by atoms with E-state index in [-0.39, 0.29) is 42.2 Å². The Morgan fingerprint density at radius 2 is 2.15 bits per heavy atom. The molecule has 0 spiro atoms. The summed E-state index contributed by atoms with van der Waals surface area (Å²) in [7, 11) is 0. The van der Waals surface area contributed by atoms with Gasteiger partial charge in [-0.15, -0.1) is 12.4 Å². The van der Waals surface area contributed by atoms with Crippen LogP contribution in [0.2, 0.25) is 0 Å². The Morgan fingerprint density at radius 3 is 2.88 bits per heavy atom. The molecule has 1 aromatic heterocycles. The maximum atomic E-state index is 13.7. The highest BCUT2D eigenvalue weighted by atomic mass is 35.5. The van der Waals surface area contributed by atoms with Crippen LogP contribution in [0.3, 0.4) is 0 Å². The molecule has 2 aliphatic rings. The number of rotatable bonds is 4. The average molecular weight is 382 g/mol. The maximum Gasteiger partial charge on any atom is 0.280 e. The Kier molecular flexibility index (Phi) is 5.48. The van der Waals surface area contributed by atoms with E-state index in [9.17, 15) is 14.0 Å². The minimum atomic E-state index is -0.304. The smallest absolute Gasteiger partial charge is 0.280 e. The van der Waals surface area contributed by atoms with Crippen LogP contribution in [0.15, 0.2) is 39.6 Å². The lowest BCUT2D eigenvalue weighted by Crippen LogP contribution is -2.34. The number of carbonyl (C=O) groups is 1. The third-order valence-corrected chi connectivity index (χ3v) is 5.24. The fourth-order valence-corrected chi connectivity index (χ4v) is 4.11. The second-order valence-electron chi connectivity index (χ2n) is 6.81. The van der Waals surface area contributed by atoms with Crippen LogP contribution in [0, 0.1) is 17.7 Å². The standard InChI is InChI=1S/C18H20FN3O3.ClH/c19-13-3-1-2-11(6-13)18-15-9-20-8-12(15)10-22(18)17(24)5-4-14-7-16(23)21-25-14;/h1-3,6-7,12,15,18,20H,4-5,8-10H2,(H,21,23);1H/t12-,15-,18-;/m0./s1. The molecule has 2 fully saturated rings. The lowest BCUT2D eigenvalue weighted by atomic mass is 9.89. The SMILES string of the molecule is Cl.O=C(CCc1cc(=O)[nH]o1)N1C[C@@H]2CNC[C@@H]2[C@@H]1c1cccc(F)c1. The van der Waals surface area contributed by atoms with Gasteiger partial charge in [0.25, 0.3) is 5.56 Å². The van der Waals surface area contributed by atoms with Crippen LogP contribution in [0.4, 0.5) is 4.39 Å². The molecule has 2 N–H and O–H groups in total. The molecule has 1 aromatic carbocycles. The van der Waals surface area contributed by atoms with E-state index in [1.165, 1.54) is 18.2 Å². The molecule has 2 aliphatic heterocycles. The number of benzene rings is 1. The molecular weight excluding hydrogens is 361 g/mol. The van der Waals surface area contributed by atoms with Gasteiger partial charge in [-0.05, 0) is 23.6 Å². The van der Waals surface area contributed by atoms with Crippen molar-refractivity contribution in [3.63, 3.8) is 0 Å². The number of likely N-dealkylation sites (tertiary alicyclic amines) is 1. The van der Waals surface area contributed by atoms with Crippen LogP contribution in [-0.4, -0.2) is 35.6 Å². The molecule has 0 radical (unpaired) electrons. The third kappa shape index (κ3) is 3.54. The monoisotopic (exact) mass is 381 g/mol. The van der Waals surface area contributed by atoms with Crippen LogP contribution in [0.25, 0.3) is 0 Å². The fourth-order valence-electron chi connectivity index (χ4n) is 4.11. The first-order chi connectivity index (χ1) is 12.1. The van der Waals surface area contributed by atoms with Crippen molar-refractivity contribution >= 4 is 18.3 Å². The Hall–Kier alpha value is -2.12. The van der Waals surface area contributed by atoms with Gasteiger partial charge in [0.2, 0.25) is 5.91 Å². The number of hydrogen-bond donors (Lipinski definition) is 2. The summed E-state index contributed by atoms with van der Waals surface area (Å²) in [6.45, 7) is 2.39. The van der Waals surface area contributed by atoms with Crippen molar-refractivity contribution in [2.45, 2.75) is 18.9 Å². The summed E-state index contributed by atoms with van der Waals surface area (Å²) in [5.41, 5.74) is 0.541. The molecule has 0 saturated carbocycles. The van der Waals surface area contributed by atoms with Crippen LogP contribution < -0.4 is 10.9 Å². The summed E-state index contributed by atoms with van der Waals surface area (Å²) in [6, 6.07) is 7.78. The summed E-state index contributed by atoms with van der Waals surface area (Å²) >= 11 is 0. The Bertz CT molecular complexity index is 837. The van der Waals surface area contributed by atoms with E-state index in [0.717, 1.165) is 18.7 Å². The summed E-state index contributed by atoms with van der Waals surface area (Å²) in [5.74, 6) is 0.890. The van der Waals surface area contributed by atoms with Crippen molar-refractivity contribution in [2.75, 3.05) is 19.6 Å². The van der Waals surface area contributed by atoms with Crippen molar-refractivity contribution in [2.24, 2.45) is 11.8 Å². The normalized spacial score (nSPS) is 24.3. The summed E-state index contributed by atoms with van der Waals surface area (Å²) < 4.78 is 18.7. The second kappa shape index (κ2) is 7.63. The molecule has 2 saturated heterocycles. The number of amides is 1. The predicted molar refractivity (Wildman–Crippen MR) is 95.6 cm³/mol. The molecular formula is C18H21ClFN3O3. The van der Waals surface area contributed by atoms with Crippen molar-refractivity contribution in [3.8, 4) is 0 Å². The summed E-state index contributed by atoms with van der Waals surface area (Å²) in [5, 5.41) is 5.60. The molecule has 1 amide bonds. The number of aromatic amines is 1. The van der Waals surface area contributed by atoms with E-state index in [1.54, 1.807) is 6.07 Å². The number of H-pyrrole nitrogens is 1. The largest absolute Gasteiger partial charge is 0.384 e. The molecule has 140 valence electrons. The highest BCUT2D eigenvalue weighted by Crippen LogP contribution is 2.43. The van der Waals surface area contributed by atoms with Crippen molar-refractivity contribution in [1.82, 2.24) is 15.4 Å². The predicted octanol–water partition coefficient (Wildman–Crippen LogP) is 1.88. The van der Waals surface area contributed by atoms with Gasteiger partial charge in [0.05, 0.1) is 6.04 Å². The highest BCUT2D eigenvalue weighted by Gasteiger charge is 2.46. The van der Waals surface area contributed by atoms with Gasteiger partial charge >= 0.3 is 0 Å². The average Bonchev–Trinajstić information content (AvgIpc) is 3.27. The Balaban J connectivity index is 0.00000196. The van der Waals surface area contributed by atoms with E-state index >= 15 is 0 Å².